The van der Waals surface area contributed by atoms with Crippen molar-refractivity contribution in [2.24, 2.45) is 17.8 Å². The topological polar surface area (TPSA) is 84.0 Å². The van der Waals surface area contributed by atoms with E-state index in [2.05, 4.69) is 24.3 Å². The first-order chi connectivity index (χ1) is 20.9. The molecule has 0 N–H and O–H groups in total. The number of para-hydroxylation sites is 1. The number of aryl methyl sites for hydroxylation is 1. The Morgan fingerprint density at radius 2 is 1.21 bits per heavy atom. The second-order valence-corrected chi connectivity index (χ2v) is 11.9. The summed E-state index contributed by atoms with van der Waals surface area (Å²) in [6, 6.07) is 30.4. The lowest BCUT2D eigenvalue weighted by molar-refractivity contribution is -0.139. The summed E-state index contributed by atoms with van der Waals surface area (Å²) >= 11 is 0. The number of carbonyl (C=O) groups is 4. The van der Waals surface area contributed by atoms with Gasteiger partial charge < -0.3 is 9.64 Å². The lowest BCUT2D eigenvalue weighted by atomic mass is 9.55. The largest absolute Gasteiger partial charge is 0.426 e. The number of anilines is 2. The van der Waals surface area contributed by atoms with E-state index in [0.29, 0.717) is 11.4 Å². The van der Waals surface area contributed by atoms with Gasteiger partial charge in [0.1, 0.15) is 5.75 Å². The van der Waals surface area contributed by atoms with E-state index in [1.807, 2.05) is 55.5 Å². The molecular formula is C36H28N2O5. The molecule has 0 spiro atoms. The number of hydrogen-bond donors (Lipinski definition) is 0. The zero-order chi connectivity index (χ0) is 29.4. The summed E-state index contributed by atoms with van der Waals surface area (Å²) in [6.45, 7) is 2.19. The van der Waals surface area contributed by atoms with Crippen LogP contribution in [0.2, 0.25) is 0 Å². The second-order valence-electron chi connectivity index (χ2n) is 11.9. The number of carbonyl (C=O) groups excluding carboxylic acids is 4. The summed E-state index contributed by atoms with van der Waals surface area (Å²) in [5.41, 5.74) is 6.74. The summed E-state index contributed by atoms with van der Waals surface area (Å²) in [5.74, 6) is -2.54. The van der Waals surface area contributed by atoms with Gasteiger partial charge in [-0.15, -0.1) is 0 Å². The summed E-state index contributed by atoms with van der Waals surface area (Å²) in [7, 11) is 0. The van der Waals surface area contributed by atoms with Gasteiger partial charge in [-0.2, -0.15) is 0 Å². The molecule has 7 heteroatoms. The molecule has 2 bridgehead atoms. The second kappa shape index (κ2) is 9.49. The minimum absolute atomic E-state index is 0.0813. The zero-order valence-electron chi connectivity index (χ0n) is 23.5. The quantitative estimate of drug-likeness (QED) is 0.188. The third-order valence-electron chi connectivity index (χ3n) is 9.63. The molecule has 212 valence electrons. The molecule has 0 unspecified atom stereocenters. The van der Waals surface area contributed by atoms with Gasteiger partial charge in [0, 0.05) is 30.5 Å². The highest BCUT2D eigenvalue weighted by atomic mass is 16.5. The Bertz CT molecular complexity index is 1730. The first-order valence-electron chi connectivity index (χ1n) is 14.7. The molecule has 0 radical (unpaired) electrons. The lowest BCUT2D eigenvalue weighted by Gasteiger charge is -2.45. The molecule has 2 fully saturated rings. The van der Waals surface area contributed by atoms with Crippen molar-refractivity contribution < 1.29 is 23.9 Å². The fourth-order valence-corrected chi connectivity index (χ4v) is 7.76. The van der Waals surface area contributed by atoms with Gasteiger partial charge >= 0.3 is 5.97 Å². The van der Waals surface area contributed by atoms with E-state index in [4.69, 9.17) is 4.74 Å². The van der Waals surface area contributed by atoms with Crippen molar-refractivity contribution >= 4 is 35.1 Å². The lowest BCUT2D eigenvalue weighted by Crippen LogP contribution is -2.41. The van der Waals surface area contributed by atoms with Crippen molar-refractivity contribution in [2.75, 3.05) is 16.3 Å². The molecule has 4 aromatic carbocycles. The first kappa shape index (κ1) is 25.7. The van der Waals surface area contributed by atoms with Gasteiger partial charge in [0.05, 0.1) is 23.4 Å². The van der Waals surface area contributed by atoms with Crippen LogP contribution in [-0.2, 0) is 19.2 Å². The van der Waals surface area contributed by atoms with Crippen molar-refractivity contribution in [3.63, 3.8) is 0 Å². The Hall–Kier alpha value is -5.04. The molecule has 7 nitrogen and oxygen atoms in total. The van der Waals surface area contributed by atoms with Crippen LogP contribution in [0.4, 0.5) is 11.4 Å². The molecule has 0 aromatic heterocycles. The van der Waals surface area contributed by atoms with Crippen LogP contribution in [0.1, 0.15) is 46.1 Å². The summed E-state index contributed by atoms with van der Waals surface area (Å²) in [5, 5.41) is 0. The van der Waals surface area contributed by atoms with E-state index >= 15 is 0 Å². The van der Waals surface area contributed by atoms with Crippen molar-refractivity contribution in [1.82, 2.24) is 0 Å². The Morgan fingerprint density at radius 3 is 1.74 bits per heavy atom. The smallest absolute Gasteiger partial charge is 0.316 e. The van der Waals surface area contributed by atoms with Crippen LogP contribution in [0.3, 0.4) is 0 Å². The van der Waals surface area contributed by atoms with E-state index in [9.17, 15) is 19.2 Å². The fraction of sp³-hybridized carbons (Fsp3) is 0.222. The standard InChI is InChI=1S/C36H28N2O5/c1-20-8-2-7-13-28(20)37-19-21(18-29(37)39)36(42)43-23-16-14-22(15-17-23)38-34(40)32-30-24-9-3-4-10-25(24)31(33(32)35(38)41)27-12-6-5-11-26(27)30/h2-17,21,30-33H,18-19H2,1H3/t21-,30?,31?,32-,33+/m1/s1. The van der Waals surface area contributed by atoms with Gasteiger partial charge in [-0.3, -0.25) is 19.2 Å². The number of hydrogen-bond acceptors (Lipinski definition) is 5. The molecule has 0 saturated carbocycles. The number of ether oxygens (including phenoxy) is 1. The van der Waals surface area contributed by atoms with E-state index in [1.165, 1.54) is 4.90 Å². The van der Waals surface area contributed by atoms with Gasteiger partial charge in [-0.25, -0.2) is 4.90 Å². The number of rotatable bonds is 4. The SMILES string of the molecule is Cc1ccccc1N1C[C@H](C(=O)Oc2ccc(N3C(=O)[C@@H]4C5c6ccccc6C(c6ccccc65)[C@@H]4C3=O)cc2)CC1=O. The van der Waals surface area contributed by atoms with Crippen molar-refractivity contribution in [3.05, 3.63) is 125 Å². The highest BCUT2D eigenvalue weighted by molar-refractivity contribution is 6.23. The molecule has 9 rings (SSSR count). The maximum atomic E-state index is 14.0. The van der Waals surface area contributed by atoms with Gasteiger partial charge in [0.25, 0.3) is 0 Å². The number of amides is 3. The predicted octanol–water partition coefficient (Wildman–Crippen LogP) is 5.35. The van der Waals surface area contributed by atoms with E-state index in [0.717, 1.165) is 33.5 Å². The van der Waals surface area contributed by atoms with Crippen molar-refractivity contribution in [3.8, 4) is 5.75 Å². The number of esters is 1. The minimum Gasteiger partial charge on any atom is -0.426 e. The van der Waals surface area contributed by atoms with Crippen molar-refractivity contribution in [2.45, 2.75) is 25.2 Å². The number of benzene rings is 4. The van der Waals surface area contributed by atoms with Crippen LogP contribution < -0.4 is 14.5 Å². The summed E-state index contributed by atoms with van der Waals surface area (Å²) in [4.78, 5) is 56.6. The van der Waals surface area contributed by atoms with Gasteiger partial charge in [-0.05, 0) is 65.1 Å². The Morgan fingerprint density at radius 1 is 0.698 bits per heavy atom. The van der Waals surface area contributed by atoms with Crippen LogP contribution in [-0.4, -0.2) is 30.2 Å². The fourth-order valence-electron chi connectivity index (χ4n) is 7.76. The highest BCUT2D eigenvalue weighted by Gasteiger charge is 2.61. The molecule has 2 heterocycles. The molecule has 3 atom stereocenters. The number of nitrogens with zero attached hydrogens (tertiary/aromatic N) is 2. The maximum absolute atomic E-state index is 14.0. The maximum Gasteiger partial charge on any atom is 0.316 e. The first-order valence-corrected chi connectivity index (χ1v) is 14.7. The normalized spacial score (nSPS) is 25.0. The molecule has 2 saturated heterocycles. The van der Waals surface area contributed by atoms with Gasteiger partial charge in [0.15, 0.2) is 0 Å². The average Bonchev–Trinajstić information content (AvgIpc) is 3.54. The average molecular weight is 569 g/mol. The Balaban J connectivity index is 1.02. The molecule has 3 aliphatic carbocycles. The molecular weight excluding hydrogens is 540 g/mol. The number of imide groups is 1. The van der Waals surface area contributed by atoms with Crippen LogP contribution >= 0.6 is 0 Å². The third-order valence-corrected chi connectivity index (χ3v) is 9.63. The highest BCUT2D eigenvalue weighted by Crippen LogP contribution is 2.61. The monoisotopic (exact) mass is 568 g/mol. The van der Waals surface area contributed by atoms with Gasteiger partial charge in [0.2, 0.25) is 17.7 Å². The van der Waals surface area contributed by atoms with Gasteiger partial charge in [-0.1, -0.05) is 66.7 Å². The predicted molar refractivity (Wildman–Crippen MR) is 160 cm³/mol. The van der Waals surface area contributed by atoms with Crippen LogP contribution in [0.25, 0.3) is 0 Å². The van der Waals surface area contributed by atoms with E-state index < -0.39 is 23.7 Å². The third kappa shape index (κ3) is 3.74. The molecule has 4 aromatic rings. The molecule has 3 amide bonds. The Kier molecular flexibility index (Phi) is 5.66. The van der Waals surface area contributed by atoms with E-state index in [-0.39, 0.29) is 42.5 Å². The summed E-state index contributed by atoms with van der Waals surface area (Å²) < 4.78 is 5.65. The van der Waals surface area contributed by atoms with Crippen LogP contribution in [0.15, 0.2) is 97.1 Å². The zero-order valence-corrected chi connectivity index (χ0v) is 23.5. The molecule has 43 heavy (non-hydrogen) atoms. The summed E-state index contributed by atoms with van der Waals surface area (Å²) in [6.07, 6.45) is 0.0813. The van der Waals surface area contributed by atoms with Crippen LogP contribution in [0.5, 0.6) is 5.75 Å². The van der Waals surface area contributed by atoms with Crippen LogP contribution in [0, 0.1) is 24.7 Å². The Labute approximate surface area is 248 Å². The minimum atomic E-state index is -0.588. The molecule has 2 aliphatic heterocycles. The molecule has 5 aliphatic rings. The van der Waals surface area contributed by atoms with Crippen molar-refractivity contribution in [1.29, 1.82) is 0 Å². The van der Waals surface area contributed by atoms with E-state index in [1.54, 1.807) is 29.2 Å².